The monoisotopic (exact) mass is 298 g/mol. The molecule has 0 saturated heterocycles. The van der Waals surface area contributed by atoms with Crippen LogP contribution in [0.3, 0.4) is 0 Å². The van der Waals surface area contributed by atoms with Crippen LogP contribution in [0.4, 0.5) is 17.5 Å². The van der Waals surface area contributed by atoms with Crippen LogP contribution in [0.5, 0.6) is 0 Å². The highest BCUT2D eigenvalue weighted by molar-refractivity contribution is 9.10. The summed E-state index contributed by atoms with van der Waals surface area (Å²) >= 11 is 5.06. The Morgan fingerprint density at radius 3 is 3.06 bits per heavy atom. The van der Waals surface area contributed by atoms with Crippen molar-refractivity contribution in [2.24, 2.45) is 0 Å². The quantitative estimate of drug-likeness (QED) is 0.907. The molecule has 0 fully saturated rings. The Morgan fingerprint density at radius 2 is 2.38 bits per heavy atom. The number of halogens is 1. The maximum atomic E-state index is 4.36. The van der Waals surface area contributed by atoms with E-state index in [0.29, 0.717) is 5.95 Å². The van der Waals surface area contributed by atoms with Gasteiger partial charge in [0.15, 0.2) is 0 Å². The molecule has 0 aliphatic rings. The largest absolute Gasteiger partial charge is 0.354 e. The highest BCUT2D eigenvalue weighted by Gasteiger charge is 2.04. The summed E-state index contributed by atoms with van der Waals surface area (Å²) < 4.78 is 0.848. The molecule has 0 spiro atoms. The van der Waals surface area contributed by atoms with Gasteiger partial charge in [-0.05, 0) is 34.3 Å². The zero-order valence-corrected chi connectivity index (χ0v) is 11.1. The van der Waals surface area contributed by atoms with E-state index >= 15 is 0 Å². The van der Waals surface area contributed by atoms with Crippen LogP contribution < -0.4 is 10.6 Å². The summed E-state index contributed by atoms with van der Waals surface area (Å²) in [5, 5.41) is 10.3. The van der Waals surface area contributed by atoms with E-state index in [1.54, 1.807) is 17.5 Å². The minimum Gasteiger partial charge on any atom is -0.354 e. The van der Waals surface area contributed by atoms with E-state index in [1.165, 1.54) is 0 Å². The standard InChI is InChI=1S/C10H11BrN4S/c1-2-12-10-13-5-8(11)9(15-10)14-7-3-4-16-6-7/h3-6H,2H2,1H3,(H2,12,13,14,15). The summed E-state index contributed by atoms with van der Waals surface area (Å²) in [6.07, 6.45) is 1.74. The third-order valence-electron chi connectivity index (χ3n) is 1.86. The van der Waals surface area contributed by atoms with Gasteiger partial charge in [-0.25, -0.2) is 4.98 Å². The Hall–Kier alpha value is -1.14. The first-order valence-electron chi connectivity index (χ1n) is 4.85. The van der Waals surface area contributed by atoms with Gasteiger partial charge in [-0.2, -0.15) is 16.3 Å². The van der Waals surface area contributed by atoms with Crippen LogP contribution >= 0.6 is 27.3 Å². The lowest BCUT2D eigenvalue weighted by atomic mass is 10.5. The molecule has 2 aromatic heterocycles. The molecule has 0 atom stereocenters. The second-order valence-corrected chi connectivity index (χ2v) is 4.69. The van der Waals surface area contributed by atoms with Gasteiger partial charge < -0.3 is 10.6 Å². The SMILES string of the molecule is CCNc1ncc(Br)c(Nc2ccsc2)n1. The first-order valence-corrected chi connectivity index (χ1v) is 6.59. The molecular formula is C10H11BrN4S. The van der Waals surface area contributed by atoms with Gasteiger partial charge in [-0.15, -0.1) is 0 Å². The molecule has 0 radical (unpaired) electrons. The molecule has 0 bridgehead atoms. The molecule has 2 N–H and O–H groups in total. The van der Waals surface area contributed by atoms with Crippen LogP contribution in [0.15, 0.2) is 27.5 Å². The van der Waals surface area contributed by atoms with Crippen LogP contribution in [0.25, 0.3) is 0 Å². The predicted molar refractivity (Wildman–Crippen MR) is 71.5 cm³/mol. The van der Waals surface area contributed by atoms with E-state index in [1.807, 2.05) is 23.8 Å². The van der Waals surface area contributed by atoms with Crippen molar-refractivity contribution in [3.05, 3.63) is 27.5 Å². The number of anilines is 3. The lowest BCUT2D eigenvalue weighted by Gasteiger charge is -2.07. The van der Waals surface area contributed by atoms with Crippen LogP contribution in [0.2, 0.25) is 0 Å². The smallest absolute Gasteiger partial charge is 0.224 e. The van der Waals surface area contributed by atoms with Crippen LogP contribution in [-0.2, 0) is 0 Å². The molecule has 0 aromatic carbocycles. The molecule has 0 aliphatic carbocycles. The minimum atomic E-state index is 0.628. The summed E-state index contributed by atoms with van der Waals surface area (Å²) in [4.78, 5) is 8.51. The van der Waals surface area contributed by atoms with Crippen LogP contribution in [0.1, 0.15) is 6.92 Å². The summed E-state index contributed by atoms with van der Waals surface area (Å²) in [6, 6.07) is 2.01. The normalized spacial score (nSPS) is 10.1. The number of nitrogens with one attached hydrogen (secondary N) is 2. The van der Waals surface area contributed by atoms with E-state index < -0.39 is 0 Å². The Labute approximate surface area is 106 Å². The Balaban J connectivity index is 2.21. The zero-order valence-electron chi connectivity index (χ0n) is 8.70. The lowest BCUT2D eigenvalue weighted by Crippen LogP contribution is -2.04. The summed E-state index contributed by atoms with van der Waals surface area (Å²) in [5.41, 5.74) is 1.03. The van der Waals surface area contributed by atoms with Crippen molar-refractivity contribution < 1.29 is 0 Å². The fraction of sp³-hybridized carbons (Fsp3) is 0.200. The summed E-state index contributed by atoms with van der Waals surface area (Å²) in [6.45, 7) is 2.82. The Kier molecular flexibility index (Phi) is 3.74. The fourth-order valence-corrected chi connectivity index (χ4v) is 2.05. The molecule has 0 saturated carbocycles. The summed E-state index contributed by atoms with van der Waals surface area (Å²) in [5.74, 6) is 1.40. The van der Waals surface area contributed by atoms with Gasteiger partial charge >= 0.3 is 0 Å². The van der Waals surface area contributed by atoms with Crippen molar-refractivity contribution in [2.45, 2.75) is 6.92 Å². The van der Waals surface area contributed by atoms with Crippen LogP contribution in [-0.4, -0.2) is 16.5 Å². The second-order valence-electron chi connectivity index (χ2n) is 3.06. The highest BCUT2D eigenvalue weighted by atomic mass is 79.9. The number of nitrogens with zero attached hydrogens (tertiary/aromatic N) is 2. The van der Waals surface area contributed by atoms with Crippen molar-refractivity contribution in [2.75, 3.05) is 17.2 Å². The third kappa shape index (κ3) is 2.70. The van der Waals surface area contributed by atoms with Gasteiger partial charge in [0.2, 0.25) is 5.95 Å². The van der Waals surface area contributed by atoms with E-state index in [9.17, 15) is 0 Å². The molecule has 2 heterocycles. The van der Waals surface area contributed by atoms with Gasteiger partial charge in [0.05, 0.1) is 10.2 Å². The maximum absolute atomic E-state index is 4.36. The molecule has 4 nitrogen and oxygen atoms in total. The van der Waals surface area contributed by atoms with Crippen LogP contribution in [0, 0.1) is 0 Å². The van der Waals surface area contributed by atoms with Gasteiger partial charge in [0.25, 0.3) is 0 Å². The molecule has 0 amide bonds. The first kappa shape index (κ1) is 11.3. The van der Waals surface area contributed by atoms with Crippen molar-refractivity contribution in [3.8, 4) is 0 Å². The summed E-state index contributed by atoms with van der Waals surface area (Å²) in [7, 11) is 0. The fourth-order valence-electron chi connectivity index (χ4n) is 1.17. The van der Waals surface area contributed by atoms with Gasteiger partial charge in [0.1, 0.15) is 5.82 Å². The van der Waals surface area contributed by atoms with E-state index in [4.69, 9.17) is 0 Å². The van der Waals surface area contributed by atoms with Gasteiger partial charge in [-0.1, -0.05) is 0 Å². The molecule has 2 aromatic rings. The van der Waals surface area contributed by atoms with E-state index in [0.717, 1.165) is 22.5 Å². The van der Waals surface area contributed by atoms with Crippen molar-refractivity contribution >= 4 is 44.7 Å². The van der Waals surface area contributed by atoms with Crippen molar-refractivity contribution in [3.63, 3.8) is 0 Å². The average Bonchev–Trinajstić information content (AvgIpc) is 2.76. The number of aromatic nitrogens is 2. The molecule has 6 heteroatoms. The Morgan fingerprint density at radius 1 is 1.50 bits per heavy atom. The van der Waals surface area contributed by atoms with Gasteiger partial charge in [0, 0.05) is 18.1 Å². The predicted octanol–water partition coefficient (Wildman–Crippen LogP) is 3.48. The average molecular weight is 299 g/mol. The minimum absolute atomic E-state index is 0.628. The van der Waals surface area contributed by atoms with Crippen molar-refractivity contribution in [1.82, 2.24) is 9.97 Å². The molecule has 0 aliphatic heterocycles. The zero-order chi connectivity index (χ0) is 11.4. The maximum Gasteiger partial charge on any atom is 0.224 e. The molecular weight excluding hydrogens is 288 g/mol. The number of thiophene rings is 1. The second kappa shape index (κ2) is 5.27. The molecule has 0 unspecified atom stereocenters. The number of hydrogen-bond acceptors (Lipinski definition) is 5. The molecule has 2 rings (SSSR count). The Bertz CT molecular complexity index is 458. The third-order valence-corrected chi connectivity index (χ3v) is 3.13. The molecule has 84 valence electrons. The lowest BCUT2D eigenvalue weighted by molar-refractivity contribution is 1.08. The van der Waals surface area contributed by atoms with Gasteiger partial charge in [-0.3, -0.25) is 0 Å². The highest BCUT2D eigenvalue weighted by Crippen LogP contribution is 2.25. The first-order chi connectivity index (χ1) is 7.79. The molecule has 16 heavy (non-hydrogen) atoms. The number of hydrogen-bond donors (Lipinski definition) is 2. The van der Waals surface area contributed by atoms with Crippen molar-refractivity contribution in [1.29, 1.82) is 0 Å². The van der Waals surface area contributed by atoms with E-state index in [2.05, 4.69) is 36.5 Å². The van der Waals surface area contributed by atoms with E-state index in [-0.39, 0.29) is 0 Å². The number of rotatable bonds is 4. The topological polar surface area (TPSA) is 49.8 Å².